The molecule has 0 saturated carbocycles. The predicted molar refractivity (Wildman–Crippen MR) is 83.6 cm³/mol. The molecule has 0 amide bonds. The highest BCUT2D eigenvalue weighted by Gasteiger charge is 2.02. The summed E-state index contributed by atoms with van der Waals surface area (Å²) in [4.78, 5) is 11.0. The van der Waals surface area contributed by atoms with E-state index in [-0.39, 0.29) is 6.10 Å². The minimum absolute atomic E-state index is 0.290. The van der Waals surface area contributed by atoms with Crippen LogP contribution in [0.4, 0.5) is 0 Å². The van der Waals surface area contributed by atoms with E-state index in [1.54, 1.807) is 14.0 Å². The lowest BCUT2D eigenvalue weighted by molar-refractivity contribution is -0.140. The summed E-state index contributed by atoms with van der Waals surface area (Å²) >= 11 is 3.41. The average Bonchev–Trinajstić information content (AvgIpc) is 2.41. The zero-order valence-corrected chi connectivity index (χ0v) is 13.7. The minimum Gasteiger partial charge on any atom is -0.455 e. The maximum absolute atomic E-state index is 11.0. The third-order valence-corrected chi connectivity index (χ3v) is 2.78. The number of esters is 1. The van der Waals surface area contributed by atoms with Crippen molar-refractivity contribution in [3.63, 3.8) is 0 Å². The van der Waals surface area contributed by atoms with Crippen LogP contribution in [0.3, 0.4) is 0 Å². The molecule has 0 aliphatic heterocycles. The number of allylic oxidation sites excluding steroid dienone is 3. The van der Waals surface area contributed by atoms with E-state index in [0.29, 0.717) is 13.4 Å². The lowest BCUT2D eigenvalue weighted by Gasteiger charge is -2.06. The van der Waals surface area contributed by atoms with Crippen molar-refractivity contribution in [2.45, 2.75) is 32.3 Å². The Labute approximate surface area is 129 Å². The molecule has 0 aliphatic carbocycles. The van der Waals surface area contributed by atoms with Crippen LogP contribution in [0.2, 0.25) is 0 Å². The van der Waals surface area contributed by atoms with E-state index in [9.17, 15) is 4.79 Å². The summed E-state index contributed by atoms with van der Waals surface area (Å²) in [5.41, 5.74) is 0. The second-order valence-electron chi connectivity index (χ2n) is 4.11. The van der Waals surface area contributed by atoms with Gasteiger partial charge in [0.25, 0.3) is 0 Å². The lowest BCUT2D eigenvalue weighted by atomic mass is 10.2. The molecule has 0 aromatic heterocycles. The Morgan fingerprint density at radius 1 is 1.40 bits per heavy atom. The number of hydrogen-bond acceptors (Lipinski definition) is 4. The first-order valence-corrected chi connectivity index (χ1v) is 7.33. The number of unbranched alkanes of at least 4 members (excludes halogenated alkanes) is 2. The van der Waals surface area contributed by atoms with Gasteiger partial charge in [-0.3, -0.25) is 0 Å². The van der Waals surface area contributed by atoms with Crippen LogP contribution in [0.1, 0.15) is 26.2 Å². The molecule has 5 heteroatoms. The van der Waals surface area contributed by atoms with Crippen molar-refractivity contribution >= 4 is 21.9 Å². The SMILES string of the molecule is C=CC(=O)O[C@@H](C)/C=C(Br)/C=C/CCCCOCOC. The van der Waals surface area contributed by atoms with E-state index in [0.717, 1.165) is 29.8 Å². The van der Waals surface area contributed by atoms with E-state index in [1.807, 2.05) is 12.2 Å². The summed E-state index contributed by atoms with van der Waals surface area (Å²) in [5, 5.41) is 0. The quantitative estimate of drug-likeness (QED) is 0.188. The Kier molecular flexibility index (Phi) is 12.5. The number of methoxy groups -OCH3 is 1. The minimum atomic E-state index is -0.422. The van der Waals surface area contributed by atoms with Crippen molar-refractivity contribution in [3.8, 4) is 0 Å². The normalized spacial score (nSPS) is 13.4. The molecule has 0 heterocycles. The second-order valence-corrected chi connectivity index (χ2v) is 5.03. The molecule has 0 unspecified atom stereocenters. The molecular formula is C15H23BrO4. The van der Waals surface area contributed by atoms with Gasteiger partial charge in [0.15, 0.2) is 0 Å². The molecule has 0 aromatic carbocycles. The van der Waals surface area contributed by atoms with Crippen LogP contribution < -0.4 is 0 Å². The molecule has 0 rings (SSSR count). The zero-order valence-electron chi connectivity index (χ0n) is 12.1. The topological polar surface area (TPSA) is 44.8 Å². The third kappa shape index (κ3) is 12.1. The van der Waals surface area contributed by atoms with Crippen LogP contribution in [-0.4, -0.2) is 32.6 Å². The first-order valence-electron chi connectivity index (χ1n) is 6.53. The second kappa shape index (κ2) is 13.1. The Morgan fingerprint density at radius 2 is 2.15 bits per heavy atom. The van der Waals surface area contributed by atoms with Crippen molar-refractivity contribution in [2.75, 3.05) is 20.5 Å². The Morgan fingerprint density at radius 3 is 2.80 bits per heavy atom. The van der Waals surface area contributed by atoms with Gasteiger partial charge < -0.3 is 14.2 Å². The van der Waals surface area contributed by atoms with Crippen LogP contribution >= 0.6 is 15.9 Å². The van der Waals surface area contributed by atoms with Crippen molar-refractivity contribution in [3.05, 3.63) is 35.4 Å². The van der Waals surface area contributed by atoms with Gasteiger partial charge in [-0.2, -0.15) is 0 Å². The average molecular weight is 347 g/mol. The van der Waals surface area contributed by atoms with Gasteiger partial charge >= 0.3 is 5.97 Å². The largest absolute Gasteiger partial charge is 0.455 e. The molecule has 0 radical (unpaired) electrons. The highest BCUT2D eigenvalue weighted by molar-refractivity contribution is 9.11. The van der Waals surface area contributed by atoms with Gasteiger partial charge in [-0.1, -0.05) is 34.7 Å². The number of halogens is 1. The first kappa shape index (κ1) is 19.1. The summed E-state index contributed by atoms with van der Waals surface area (Å²) in [5.74, 6) is -0.422. The smallest absolute Gasteiger partial charge is 0.330 e. The van der Waals surface area contributed by atoms with Crippen molar-refractivity contribution in [2.24, 2.45) is 0 Å². The van der Waals surface area contributed by atoms with Gasteiger partial charge in [0.05, 0.1) is 0 Å². The van der Waals surface area contributed by atoms with E-state index < -0.39 is 5.97 Å². The molecule has 0 bridgehead atoms. The zero-order chi connectivity index (χ0) is 15.2. The van der Waals surface area contributed by atoms with Crippen molar-refractivity contribution in [1.29, 1.82) is 0 Å². The highest BCUT2D eigenvalue weighted by Crippen LogP contribution is 2.11. The van der Waals surface area contributed by atoms with Gasteiger partial charge in [-0.25, -0.2) is 4.79 Å². The molecule has 0 spiro atoms. The summed E-state index contributed by atoms with van der Waals surface area (Å²) in [7, 11) is 1.61. The van der Waals surface area contributed by atoms with Gasteiger partial charge in [0, 0.05) is 24.3 Å². The Hall–Kier alpha value is -0.910. The lowest BCUT2D eigenvalue weighted by Crippen LogP contribution is -2.09. The molecule has 0 aliphatic rings. The Bertz CT molecular complexity index is 337. The van der Waals surface area contributed by atoms with Crippen molar-refractivity contribution < 1.29 is 19.0 Å². The summed E-state index contributed by atoms with van der Waals surface area (Å²) in [6, 6.07) is 0. The molecule has 0 N–H and O–H groups in total. The summed E-state index contributed by atoms with van der Waals surface area (Å²) in [6.07, 6.45) is 9.73. The van der Waals surface area contributed by atoms with Gasteiger partial charge in [0.1, 0.15) is 12.9 Å². The number of rotatable bonds is 11. The van der Waals surface area contributed by atoms with E-state index in [2.05, 4.69) is 28.6 Å². The van der Waals surface area contributed by atoms with Crippen LogP contribution in [0.25, 0.3) is 0 Å². The predicted octanol–water partition coefficient (Wildman–Crippen LogP) is 3.73. The molecule has 4 nitrogen and oxygen atoms in total. The standard InChI is InChI=1S/C15H23BrO4/c1-4-15(17)20-13(2)11-14(16)9-7-5-6-8-10-19-12-18-3/h4,7,9,11,13H,1,5-6,8,10,12H2,2-3H3/b9-7+,14-11-/t13-/m0/s1. The fourth-order valence-corrected chi connectivity index (χ4v) is 1.91. The number of carbonyl (C=O) groups excluding carboxylic acids is 1. The number of ether oxygens (including phenoxy) is 3. The van der Waals surface area contributed by atoms with E-state index >= 15 is 0 Å². The molecule has 0 aromatic rings. The van der Waals surface area contributed by atoms with Gasteiger partial charge in [0.2, 0.25) is 0 Å². The van der Waals surface area contributed by atoms with Crippen LogP contribution in [0.5, 0.6) is 0 Å². The highest BCUT2D eigenvalue weighted by atomic mass is 79.9. The maximum Gasteiger partial charge on any atom is 0.330 e. The number of hydrogen-bond donors (Lipinski definition) is 0. The molecule has 1 atom stereocenters. The fourth-order valence-electron chi connectivity index (χ4n) is 1.35. The molecule has 0 fully saturated rings. The van der Waals surface area contributed by atoms with Crippen LogP contribution in [-0.2, 0) is 19.0 Å². The Balaban J connectivity index is 3.77. The van der Waals surface area contributed by atoms with Crippen LogP contribution in [0, 0.1) is 0 Å². The first-order chi connectivity index (χ1) is 9.60. The van der Waals surface area contributed by atoms with Gasteiger partial charge in [-0.05, 0) is 32.3 Å². The van der Waals surface area contributed by atoms with E-state index in [4.69, 9.17) is 14.2 Å². The summed E-state index contributed by atoms with van der Waals surface area (Å²) in [6.45, 7) is 6.21. The molecule has 0 saturated heterocycles. The summed E-state index contributed by atoms with van der Waals surface area (Å²) < 4.78 is 15.9. The maximum atomic E-state index is 11.0. The molecule has 20 heavy (non-hydrogen) atoms. The molecule has 114 valence electrons. The number of carbonyl (C=O) groups is 1. The van der Waals surface area contributed by atoms with E-state index in [1.165, 1.54) is 0 Å². The van der Waals surface area contributed by atoms with Crippen molar-refractivity contribution in [1.82, 2.24) is 0 Å². The molecular weight excluding hydrogens is 324 g/mol. The monoisotopic (exact) mass is 346 g/mol. The third-order valence-electron chi connectivity index (χ3n) is 2.25. The van der Waals surface area contributed by atoms with Gasteiger partial charge in [-0.15, -0.1) is 0 Å². The van der Waals surface area contributed by atoms with Crippen LogP contribution in [0.15, 0.2) is 35.4 Å². The fraction of sp³-hybridized carbons (Fsp3) is 0.533.